The van der Waals surface area contributed by atoms with Crippen molar-refractivity contribution in [2.75, 3.05) is 4.90 Å². The van der Waals surface area contributed by atoms with E-state index in [1.54, 1.807) is 6.26 Å². The first-order valence-corrected chi connectivity index (χ1v) is 22.8. The molecule has 2 aliphatic rings. The lowest BCUT2D eigenvalue weighted by Gasteiger charge is -2.34. The van der Waals surface area contributed by atoms with Crippen molar-refractivity contribution >= 4 is 28.0 Å². The van der Waals surface area contributed by atoms with Crippen LogP contribution in [0.25, 0.3) is 44.3 Å². The van der Waals surface area contributed by atoms with Gasteiger partial charge in [-0.1, -0.05) is 200 Å². The quantitative estimate of drug-likeness (QED) is 0.152. The Kier molecular flexibility index (Phi) is 8.69. The summed E-state index contributed by atoms with van der Waals surface area (Å²) in [5, 5.41) is 1.07. The summed E-state index contributed by atoms with van der Waals surface area (Å²) in [6.45, 7) is 0. The minimum absolute atomic E-state index is 0.489. The zero-order valence-electron chi connectivity index (χ0n) is 36.2. The van der Waals surface area contributed by atoms with Gasteiger partial charge in [0, 0.05) is 28.5 Å². The van der Waals surface area contributed by atoms with Crippen molar-refractivity contribution in [2.24, 2.45) is 0 Å². The number of anilines is 3. The largest absolute Gasteiger partial charge is 0.464 e. The zero-order chi connectivity index (χ0) is 43.7. The van der Waals surface area contributed by atoms with Crippen molar-refractivity contribution in [3.63, 3.8) is 0 Å². The van der Waals surface area contributed by atoms with E-state index in [0.717, 1.165) is 28.0 Å². The molecule has 310 valence electrons. The molecule has 0 spiro atoms. The molecule has 66 heavy (non-hydrogen) atoms. The minimum Gasteiger partial charge on any atom is -0.464 e. The lowest BCUT2D eigenvalue weighted by molar-refractivity contribution is 0.616. The van der Waals surface area contributed by atoms with E-state index in [2.05, 4.69) is 254 Å². The van der Waals surface area contributed by atoms with Gasteiger partial charge in [-0.05, 0) is 126 Å². The minimum atomic E-state index is -0.533. The average Bonchev–Trinajstić information content (AvgIpc) is 4.08. The number of nitrogens with zero attached hydrogens (tertiary/aromatic N) is 1. The molecule has 1 aromatic heterocycles. The van der Waals surface area contributed by atoms with E-state index in [1.165, 1.54) is 77.9 Å². The summed E-state index contributed by atoms with van der Waals surface area (Å²) in [6, 6.07) is 93.9. The monoisotopic (exact) mass is 841 g/mol. The van der Waals surface area contributed by atoms with E-state index in [9.17, 15) is 0 Å². The number of fused-ring (bicyclic) bond motifs is 7. The molecule has 1 heterocycles. The Hall–Kier alpha value is -8.46. The molecule has 0 aliphatic heterocycles. The molecule has 0 saturated heterocycles. The SMILES string of the molecule is c1ccc(-c2ccc3c(c2)-c2cc(N(c4ccc5c(c4)-c4ccccc4C5(c4ccccc4)c4ccccc4)c4ccc5ccoc5c4)ccc2C3(c2ccccc2)c2ccccc2)cc1. The molecule has 0 fully saturated rings. The third kappa shape index (κ3) is 5.55. The molecule has 2 aliphatic carbocycles. The number of benzene rings is 10. The van der Waals surface area contributed by atoms with Crippen LogP contribution in [0, 0.1) is 0 Å². The highest BCUT2D eigenvalue weighted by Gasteiger charge is 2.48. The number of rotatable bonds is 8. The molecule has 11 aromatic rings. The maximum absolute atomic E-state index is 6.10. The van der Waals surface area contributed by atoms with Gasteiger partial charge in [-0.25, -0.2) is 0 Å². The van der Waals surface area contributed by atoms with Crippen LogP contribution in [-0.4, -0.2) is 0 Å². The summed E-state index contributed by atoms with van der Waals surface area (Å²) >= 11 is 0. The molecule has 0 amide bonds. The Morgan fingerprint density at radius 3 is 1.24 bits per heavy atom. The molecule has 2 heteroatoms. The fourth-order valence-electron chi connectivity index (χ4n) is 11.5. The van der Waals surface area contributed by atoms with Crippen LogP contribution < -0.4 is 4.90 Å². The van der Waals surface area contributed by atoms with E-state index in [-0.39, 0.29) is 0 Å². The fourth-order valence-corrected chi connectivity index (χ4v) is 11.5. The van der Waals surface area contributed by atoms with Crippen LogP contribution in [0.4, 0.5) is 17.1 Å². The Balaban J connectivity index is 1.07. The highest BCUT2D eigenvalue weighted by Crippen LogP contribution is 2.60. The van der Waals surface area contributed by atoms with Gasteiger partial charge in [-0.15, -0.1) is 0 Å². The van der Waals surface area contributed by atoms with E-state index in [0.29, 0.717) is 0 Å². The first-order chi connectivity index (χ1) is 32.7. The highest BCUT2D eigenvalue weighted by atomic mass is 16.3. The zero-order valence-corrected chi connectivity index (χ0v) is 36.2. The third-order valence-electron chi connectivity index (χ3n) is 14.3. The molecular weight excluding hydrogens is 799 g/mol. The van der Waals surface area contributed by atoms with Crippen LogP contribution >= 0.6 is 0 Å². The average molecular weight is 842 g/mol. The van der Waals surface area contributed by atoms with Gasteiger partial charge in [0.2, 0.25) is 0 Å². The number of hydrogen-bond donors (Lipinski definition) is 0. The highest BCUT2D eigenvalue weighted by molar-refractivity contribution is 5.95. The van der Waals surface area contributed by atoms with Crippen molar-refractivity contribution < 1.29 is 4.42 Å². The van der Waals surface area contributed by atoms with Gasteiger partial charge in [0.15, 0.2) is 0 Å². The summed E-state index contributed by atoms with van der Waals surface area (Å²) in [7, 11) is 0. The maximum Gasteiger partial charge on any atom is 0.135 e. The standard InChI is InChI=1S/C64H43NO/c1-6-18-44(19-7-1)46-31-35-59-55(40-46)57-42-52(34-37-61(57)64(59,49-24-12-4-13-25-49)50-26-14-5-15-27-50)65(53-32-30-45-38-39-66-62(45)43-53)51-33-36-60-56(41-51)54-28-16-17-29-58(54)63(60,47-20-8-2-9-21-47)48-22-10-3-11-23-48/h1-43H. The van der Waals surface area contributed by atoms with Crippen LogP contribution in [0.5, 0.6) is 0 Å². The lowest BCUT2D eigenvalue weighted by atomic mass is 9.67. The van der Waals surface area contributed by atoms with Crippen molar-refractivity contribution in [3.05, 3.63) is 306 Å². The predicted molar refractivity (Wildman–Crippen MR) is 271 cm³/mol. The van der Waals surface area contributed by atoms with Crippen LogP contribution in [0.15, 0.2) is 265 Å². The van der Waals surface area contributed by atoms with Gasteiger partial charge in [-0.2, -0.15) is 0 Å². The molecular formula is C64H43NO. The lowest BCUT2D eigenvalue weighted by Crippen LogP contribution is -2.28. The summed E-state index contributed by atoms with van der Waals surface area (Å²) in [5.41, 5.74) is 20.4. The van der Waals surface area contributed by atoms with Gasteiger partial charge in [0.05, 0.1) is 17.1 Å². The van der Waals surface area contributed by atoms with Gasteiger partial charge in [-0.3, -0.25) is 0 Å². The third-order valence-corrected chi connectivity index (χ3v) is 14.3. The molecule has 13 rings (SSSR count). The summed E-state index contributed by atoms with van der Waals surface area (Å²) < 4.78 is 6.10. The van der Waals surface area contributed by atoms with Gasteiger partial charge in [0.1, 0.15) is 5.58 Å². The summed E-state index contributed by atoms with van der Waals surface area (Å²) in [5.74, 6) is 0. The molecule has 0 bridgehead atoms. The van der Waals surface area contributed by atoms with Crippen molar-refractivity contribution in [1.29, 1.82) is 0 Å². The molecule has 0 saturated carbocycles. The summed E-state index contributed by atoms with van der Waals surface area (Å²) in [4.78, 5) is 2.42. The van der Waals surface area contributed by atoms with E-state index in [1.807, 2.05) is 6.07 Å². The van der Waals surface area contributed by atoms with Crippen molar-refractivity contribution in [2.45, 2.75) is 10.8 Å². The molecule has 0 unspecified atom stereocenters. The first kappa shape index (κ1) is 38.0. The Morgan fingerprint density at radius 2 is 0.697 bits per heavy atom. The second-order valence-corrected chi connectivity index (χ2v) is 17.6. The van der Waals surface area contributed by atoms with Gasteiger partial charge < -0.3 is 9.32 Å². The van der Waals surface area contributed by atoms with E-state index < -0.39 is 10.8 Å². The Labute approximate surface area is 385 Å². The fraction of sp³-hybridized carbons (Fsp3) is 0.0312. The molecule has 2 nitrogen and oxygen atoms in total. The van der Waals surface area contributed by atoms with Gasteiger partial charge in [0.25, 0.3) is 0 Å². The Bertz CT molecular complexity index is 3500. The number of furan rings is 1. The Morgan fingerprint density at radius 1 is 0.288 bits per heavy atom. The van der Waals surface area contributed by atoms with Crippen LogP contribution in [0.3, 0.4) is 0 Å². The molecule has 0 N–H and O–H groups in total. The van der Waals surface area contributed by atoms with E-state index in [4.69, 9.17) is 4.42 Å². The van der Waals surface area contributed by atoms with Crippen LogP contribution in [0.1, 0.15) is 44.5 Å². The normalized spacial score (nSPS) is 13.7. The topological polar surface area (TPSA) is 16.4 Å². The van der Waals surface area contributed by atoms with Crippen LogP contribution in [-0.2, 0) is 10.8 Å². The second kappa shape index (κ2) is 15.1. The first-order valence-electron chi connectivity index (χ1n) is 22.8. The van der Waals surface area contributed by atoms with Crippen molar-refractivity contribution in [1.82, 2.24) is 0 Å². The maximum atomic E-state index is 6.10. The van der Waals surface area contributed by atoms with Crippen molar-refractivity contribution in [3.8, 4) is 33.4 Å². The van der Waals surface area contributed by atoms with Gasteiger partial charge >= 0.3 is 0 Å². The second-order valence-electron chi connectivity index (χ2n) is 17.6. The van der Waals surface area contributed by atoms with E-state index >= 15 is 0 Å². The van der Waals surface area contributed by atoms with Crippen LogP contribution in [0.2, 0.25) is 0 Å². The predicted octanol–water partition coefficient (Wildman–Crippen LogP) is 16.3. The summed E-state index contributed by atoms with van der Waals surface area (Å²) in [6.07, 6.45) is 1.78. The number of hydrogen-bond acceptors (Lipinski definition) is 2. The smallest absolute Gasteiger partial charge is 0.135 e. The molecule has 0 radical (unpaired) electrons. The molecule has 0 atom stereocenters. The molecule has 10 aromatic carbocycles.